The van der Waals surface area contributed by atoms with E-state index in [1.54, 1.807) is 0 Å². The van der Waals surface area contributed by atoms with Crippen LogP contribution < -0.4 is 5.73 Å². The molecule has 17 heavy (non-hydrogen) atoms. The predicted octanol–water partition coefficient (Wildman–Crippen LogP) is 3.89. The van der Waals surface area contributed by atoms with Crippen LogP contribution in [-0.2, 0) is 5.41 Å². The van der Waals surface area contributed by atoms with Crippen molar-refractivity contribution in [2.75, 3.05) is 6.54 Å². The topological polar surface area (TPSA) is 26.0 Å². The smallest absolute Gasteiger partial charge is 0.140 e. The van der Waals surface area contributed by atoms with Gasteiger partial charge in [0, 0.05) is 18.0 Å². The Morgan fingerprint density at radius 1 is 1.18 bits per heavy atom. The van der Waals surface area contributed by atoms with Gasteiger partial charge in [0.15, 0.2) is 0 Å². The van der Waals surface area contributed by atoms with Gasteiger partial charge in [0.2, 0.25) is 0 Å². The van der Waals surface area contributed by atoms with Gasteiger partial charge >= 0.3 is 0 Å². The summed E-state index contributed by atoms with van der Waals surface area (Å²) in [7, 11) is 0. The average molecular weight is 304 g/mol. The second kappa shape index (κ2) is 5.02. The van der Waals surface area contributed by atoms with Gasteiger partial charge < -0.3 is 5.73 Å². The van der Waals surface area contributed by atoms with Crippen LogP contribution in [0.15, 0.2) is 16.6 Å². The second-order valence-corrected chi connectivity index (χ2v) is 5.59. The summed E-state index contributed by atoms with van der Waals surface area (Å²) in [5.41, 5.74) is 6.30. The third-order valence-electron chi connectivity index (χ3n) is 3.77. The van der Waals surface area contributed by atoms with Crippen molar-refractivity contribution in [2.45, 2.75) is 37.5 Å². The molecule has 2 N–H and O–H groups in total. The van der Waals surface area contributed by atoms with E-state index in [-0.39, 0.29) is 5.41 Å². The van der Waals surface area contributed by atoms with Crippen LogP contribution in [0.3, 0.4) is 0 Å². The minimum Gasteiger partial charge on any atom is -0.330 e. The van der Waals surface area contributed by atoms with Crippen LogP contribution >= 0.6 is 15.9 Å². The summed E-state index contributed by atoms with van der Waals surface area (Å²) < 4.78 is 27.3. The monoisotopic (exact) mass is 303 g/mol. The van der Waals surface area contributed by atoms with E-state index in [9.17, 15) is 8.78 Å². The van der Waals surface area contributed by atoms with Crippen molar-refractivity contribution in [3.8, 4) is 0 Å². The van der Waals surface area contributed by atoms with Crippen LogP contribution in [0, 0.1) is 11.6 Å². The van der Waals surface area contributed by atoms with Crippen molar-refractivity contribution in [3.63, 3.8) is 0 Å². The van der Waals surface area contributed by atoms with E-state index in [2.05, 4.69) is 15.9 Å². The molecule has 2 rings (SSSR count). The molecular weight excluding hydrogens is 288 g/mol. The van der Waals surface area contributed by atoms with Gasteiger partial charge in [-0.05, 0) is 40.4 Å². The molecule has 0 saturated heterocycles. The van der Waals surface area contributed by atoms with Crippen molar-refractivity contribution in [3.05, 3.63) is 33.8 Å². The third-order valence-corrected chi connectivity index (χ3v) is 4.57. The van der Waals surface area contributed by atoms with Crippen molar-refractivity contribution >= 4 is 15.9 Å². The van der Waals surface area contributed by atoms with Gasteiger partial charge in [-0.25, -0.2) is 8.78 Å². The Bertz CT molecular complexity index is 414. The molecule has 0 bridgehead atoms. The molecule has 1 saturated carbocycles. The SMILES string of the molecule is NCC1(c2cc(F)cc(F)c2Br)CCCCC1. The minimum atomic E-state index is -0.543. The Kier molecular flexibility index (Phi) is 3.83. The fourth-order valence-corrected chi connectivity index (χ4v) is 3.40. The molecule has 0 heterocycles. The van der Waals surface area contributed by atoms with E-state index >= 15 is 0 Å². The zero-order valence-electron chi connectivity index (χ0n) is 9.61. The molecule has 0 aromatic heterocycles. The van der Waals surface area contributed by atoms with Crippen LogP contribution in [0.2, 0.25) is 0 Å². The molecule has 0 amide bonds. The van der Waals surface area contributed by atoms with Crippen molar-refractivity contribution in [1.82, 2.24) is 0 Å². The number of benzene rings is 1. The Morgan fingerprint density at radius 2 is 1.82 bits per heavy atom. The summed E-state index contributed by atoms with van der Waals surface area (Å²) in [6, 6.07) is 2.33. The molecule has 1 aliphatic rings. The summed E-state index contributed by atoms with van der Waals surface area (Å²) in [5.74, 6) is -1.07. The highest BCUT2D eigenvalue weighted by Crippen LogP contribution is 2.42. The molecule has 1 aliphatic carbocycles. The van der Waals surface area contributed by atoms with Gasteiger partial charge in [-0.1, -0.05) is 19.3 Å². The van der Waals surface area contributed by atoms with Gasteiger partial charge in [0.1, 0.15) is 11.6 Å². The van der Waals surface area contributed by atoms with E-state index in [4.69, 9.17) is 5.73 Å². The molecule has 94 valence electrons. The maximum Gasteiger partial charge on any atom is 0.140 e. The van der Waals surface area contributed by atoms with E-state index in [1.165, 1.54) is 12.5 Å². The van der Waals surface area contributed by atoms with Gasteiger partial charge in [0.05, 0.1) is 4.47 Å². The largest absolute Gasteiger partial charge is 0.330 e. The Balaban J connectivity index is 2.49. The fourth-order valence-electron chi connectivity index (χ4n) is 2.75. The number of halogens is 3. The maximum absolute atomic E-state index is 13.6. The summed E-state index contributed by atoms with van der Waals surface area (Å²) in [6.07, 6.45) is 5.14. The second-order valence-electron chi connectivity index (χ2n) is 4.79. The molecule has 1 nitrogen and oxygen atoms in total. The van der Waals surface area contributed by atoms with Crippen molar-refractivity contribution in [2.24, 2.45) is 5.73 Å². The molecule has 0 atom stereocenters. The third kappa shape index (κ3) is 2.38. The average Bonchev–Trinajstić information content (AvgIpc) is 2.34. The number of hydrogen-bond acceptors (Lipinski definition) is 1. The zero-order chi connectivity index (χ0) is 12.5. The van der Waals surface area contributed by atoms with Crippen LogP contribution in [0.25, 0.3) is 0 Å². The normalized spacial score (nSPS) is 19.3. The summed E-state index contributed by atoms with van der Waals surface area (Å²) in [5, 5.41) is 0. The fraction of sp³-hybridized carbons (Fsp3) is 0.538. The van der Waals surface area contributed by atoms with E-state index in [0.29, 0.717) is 16.6 Å². The van der Waals surface area contributed by atoms with Gasteiger partial charge in [0.25, 0.3) is 0 Å². The Hall–Kier alpha value is -0.480. The molecule has 1 aromatic rings. The highest BCUT2D eigenvalue weighted by Gasteiger charge is 2.35. The lowest BCUT2D eigenvalue weighted by atomic mass is 9.69. The van der Waals surface area contributed by atoms with Crippen LogP contribution in [0.4, 0.5) is 8.78 Å². The molecule has 0 spiro atoms. The molecule has 0 unspecified atom stereocenters. The first-order valence-corrected chi connectivity index (χ1v) is 6.73. The first-order valence-electron chi connectivity index (χ1n) is 5.94. The quantitative estimate of drug-likeness (QED) is 0.824. The number of hydrogen-bond donors (Lipinski definition) is 1. The first-order chi connectivity index (χ1) is 8.09. The van der Waals surface area contributed by atoms with Gasteiger partial charge in [-0.2, -0.15) is 0 Å². The summed E-state index contributed by atoms with van der Waals surface area (Å²) in [4.78, 5) is 0. The lowest BCUT2D eigenvalue weighted by molar-refractivity contribution is 0.297. The van der Waals surface area contributed by atoms with E-state index < -0.39 is 11.6 Å². The van der Waals surface area contributed by atoms with Crippen LogP contribution in [0.5, 0.6) is 0 Å². The van der Waals surface area contributed by atoms with E-state index in [1.807, 2.05) is 0 Å². The molecule has 1 fully saturated rings. The summed E-state index contributed by atoms with van der Waals surface area (Å²) in [6.45, 7) is 0.439. The highest BCUT2D eigenvalue weighted by molar-refractivity contribution is 9.10. The maximum atomic E-state index is 13.6. The molecular formula is C13H16BrF2N. The first kappa shape index (κ1) is 13.0. The number of rotatable bonds is 2. The lowest BCUT2D eigenvalue weighted by Gasteiger charge is -2.37. The van der Waals surface area contributed by atoms with Crippen molar-refractivity contribution < 1.29 is 8.78 Å². The van der Waals surface area contributed by atoms with Gasteiger partial charge in [-0.15, -0.1) is 0 Å². The molecule has 0 radical (unpaired) electrons. The lowest BCUT2D eigenvalue weighted by Crippen LogP contribution is -2.37. The van der Waals surface area contributed by atoms with Gasteiger partial charge in [-0.3, -0.25) is 0 Å². The standard InChI is InChI=1S/C13H16BrF2N/c14-12-10(6-9(15)7-11(12)16)13(8-17)4-2-1-3-5-13/h6-7H,1-5,8,17H2. The predicted molar refractivity (Wildman–Crippen MR) is 67.9 cm³/mol. The summed E-state index contributed by atoms with van der Waals surface area (Å²) >= 11 is 3.23. The highest BCUT2D eigenvalue weighted by atomic mass is 79.9. The molecule has 1 aromatic carbocycles. The van der Waals surface area contributed by atoms with Crippen LogP contribution in [-0.4, -0.2) is 6.54 Å². The minimum absolute atomic E-state index is 0.264. The molecule has 0 aliphatic heterocycles. The van der Waals surface area contributed by atoms with Crippen LogP contribution in [0.1, 0.15) is 37.7 Å². The van der Waals surface area contributed by atoms with E-state index in [0.717, 1.165) is 31.7 Å². The Morgan fingerprint density at radius 3 is 2.41 bits per heavy atom. The Labute approximate surface area is 109 Å². The molecule has 4 heteroatoms. The number of nitrogens with two attached hydrogens (primary N) is 1. The zero-order valence-corrected chi connectivity index (χ0v) is 11.2. The van der Waals surface area contributed by atoms with Crippen molar-refractivity contribution in [1.29, 1.82) is 0 Å².